The molecule has 3 aromatic heterocycles. The lowest BCUT2D eigenvalue weighted by Crippen LogP contribution is -2.04. The molecule has 0 aromatic carbocycles. The second-order valence-electron chi connectivity index (χ2n) is 4.35. The maximum absolute atomic E-state index is 4.63. The summed E-state index contributed by atoms with van der Waals surface area (Å²) in [5.74, 6) is 1.51. The third-order valence-corrected chi connectivity index (χ3v) is 4.22. The molecule has 3 heterocycles. The smallest absolute Gasteiger partial charge is 0.182 e. The highest BCUT2D eigenvalue weighted by atomic mass is 127. The van der Waals surface area contributed by atoms with Gasteiger partial charge >= 0.3 is 0 Å². The van der Waals surface area contributed by atoms with Gasteiger partial charge in [-0.2, -0.15) is 0 Å². The van der Waals surface area contributed by atoms with E-state index < -0.39 is 0 Å². The Kier molecular flexibility index (Phi) is 3.56. The molecule has 5 nitrogen and oxygen atoms in total. The number of fused-ring (bicyclic) bond motifs is 1. The Morgan fingerprint density at radius 1 is 1.25 bits per heavy atom. The van der Waals surface area contributed by atoms with Crippen molar-refractivity contribution >= 4 is 34.1 Å². The van der Waals surface area contributed by atoms with Crippen LogP contribution in [0.5, 0.6) is 0 Å². The van der Waals surface area contributed by atoms with E-state index in [-0.39, 0.29) is 0 Å². The fourth-order valence-electron chi connectivity index (χ4n) is 2.05. The van der Waals surface area contributed by atoms with E-state index >= 15 is 0 Å². The molecule has 0 spiro atoms. The highest BCUT2D eigenvalue weighted by molar-refractivity contribution is 14.1. The standard InChI is InChI=1S/C14H14IN5/c1-3-9-12(15)14(16-2)19-13(18-9)10-8-20-7-5-4-6-11(20)17-10/h4-8H,3H2,1-2H3,(H,16,18,19). The largest absolute Gasteiger partial charge is 0.372 e. The average molecular weight is 379 g/mol. The van der Waals surface area contributed by atoms with Crippen LogP contribution in [0, 0.1) is 3.57 Å². The molecule has 0 saturated carbocycles. The Hall–Kier alpha value is -1.70. The summed E-state index contributed by atoms with van der Waals surface area (Å²) >= 11 is 2.28. The van der Waals surface area contributed by atoms with Gasteiger partial charge in [-0.1, -0.05) is 13.0 Å². The monoisotopic (exact) mass is 379 g/mol. The van der Waals surface area contributed by atoms with E-state index in [4.69, 9.17) is 0 Å². The number of rotatable bonds is 3. The number of halogens is 1. The Labute approximate surface area is 130 Å². The van der Waals surface area contributed by atoms with E-state index in [1.54, 1.807) is 0 Å². The number of nitrogens with one attached hydrogen (secondary N) is 1. The molecule has 0 radical (unpaired) electrons. The van der Waals surface area contributed by atoms with Crippen molar-refractivity contribution in [1.29, 1.82) is 0 Å². The number of pyridine rings is 1. The molecule has 0 aliphatic heterocycles. The van der Waals surface area contributed by atoms with Crippen LogP contribution in [0.15, 0.2) is 30.6 Å². The van der Waals surface area contributed by atoms with Crippen molar-refractivity contribution in [2.45, 2.75) is 13.3 Å². The maximum atomic E-state index is 4.63. The first kappa shape index (κ1) is 13.3. The SMILES string of the molecule is CCc1nc(-c2cn3ccccc3n2)nc(NC)c1I. The third-order valence-electron chi connectivity index (χ3n) is 3.08. The Morgan fingerprint density at radius 2 is 2.10 bits per heavy atom. The van der Waals surface area contributed by atoms with E-state index in [0.717, 1.165) is 32.8 Å². The van der Waals surface area contributed by atoms with Crippen LogP contribution >= 0.6 is 22.6 Å². The highest BCUT2D eigenvalue weighted by Crippen LogP contribution is 2.24. The van der Waals surface area contributed by atoms with Gasteiger partial charge in [0, 0.05) is 19.4 Å². The molecule has 0 atom stereocenters. The van der Waals surface area contributed by atoms with Crippen molar-refractivity contribution < 1.29 is 0 Å². The summed E-state index contributed by atoms with van der Waals surface area (Å²) in [5, 5.41) is 3.12. The number of hydrogen-bond acceptors (Lipinski definition) is 4. The van der Waals surface area contributed by atoms with Crippen LogP contribution in [0.2, 0.25) is 0 Å². The number of hydrogen-bond donors (Lipinski definition) is 1. The van der Waals surface area contributed by atoms with Crippen molar-refractivity contribution in [3.05, 3.63) is 39.9 Å². The first-order chi connectivity index (χ1) is 9.72. The Balaban J connectivity index is 2.18. The van der Waals surface area contributed by atoms with Gasteiger partial charge in [-0.25, -0.2) is 15.0 Å². The average Bonchev–Trinajstić information content (AvgIpc) is 2.91. The summed E-state index contributed by atoms with van der Waals surface area (Å²) in [4.78, 5) is 13.8. The molecule has 6 heteroatoms. The van der Waals surface area contributed by atoms with E-state index in [9.17, 15) is 0 Å². The first-order valence-corrected chi connectivity index (χ1v) is 7.49. The predicted molar refractivity (Wildman–Crippen MR) is 87.9 cm³/mol. The van der Waals surface area contributed by atoms with Gasteiger partial charge in [-0.15, -0.1) is 0 Å². The van der Waals surface area contributed by atoms with Crippen molar-refractivity contribution in [1.82, 2.24) is 19.4 Å². The van der Waals surface area contributed by atoms with Gasteiger partial charge in [-0.3, -0.25) is 0 Å². The number of aryl methyl sites for hydroxylation is 1. The molecule has 3 aromatic rings. The van der Waals surface area contributed by atoms with E-state index in [0.29, 0.717) is 5.82 Å². The molecular formula is C14H14IN5. The minimum atomic E-state index is 0.662. The van der Waals surface area contributed by atoms with E-state index in [2.05, 4.69) is 49.8 Å². The molecule has 1 N–H and O–H groups in total. The van der Waals surface area contributed by atoms with Crippen molar-refractivity contribution in [3.8, 4) is 11.5 Å². The van der Waals surface area contributed by atoms with Crippen molar-refractivity contribution in [2.24, 2.45) is 0 Å². The molecule has 0 saturated heterocycles. The fourth-order valence-corrected chi connectivity index (χ4v) is 2.94. The zero-order valence-electron chi connectivity index (χ0n) is 11.3. The predicted octanol–water partition coefficient (Wildman–Crippen LogP) is 3.00. The van der Waals surface area contributed by atoms with Gasteiger partial charge in [0.2, 0.25) is 0 Å². The van der Waals surface area contributed by atoms with Crippen LogP contribution < -0.4 is 5.32 Å². The molecule has 3 rings (SSSR count). The highest BCUT2D eigenvalue weighted by Gasteiger charge is 2.13. The number of anilines is 1. The van der Waals surface area contributed by atoms with Gasteiger partial charge in [0.25, 0.3) is 0 Å². The zero-order valence-corrected chi connectivity index (χ0v) is 13.4. The van der Waals surface area contributed by atoms with Gasteiger partial charge in [0.05, 0.1) is 9.26 Å². The lowest BCUT2D eigenvalue weighted by molar-refractivity contribution is 0.985. The number of aromatic nitrogens is 4. The third kappa shape index (κ3) is 2.24. The van der Waals surface area contributed by atoms with Crippen molar-refractivity contribution in [3.63, 3.8) is 0 Å². The summed E-state index contributed by atoms with van der Waals surface area (Å²) in [6.07, 6.45) is 4.80. The second kappa shape index (κ2) is 5.35. The van der Waals surface area contributed by atoms with Crippen LogP contribution in [0.25, 0.3) is 17.2 Å². The van der Waals surface area contributed by atoms with Crippen LogP contribution in [0.4, 0.5) is 5.82 Å². The van der Waals surface area contributed by atoms with Gasteiger partial charge in [-0.05, 0) is 41.1 Å². The van der Waals surface area contributed by atoms with Crippen LogP contribution in [-0.4, -0.2) is 26.4 Å². The molecular weight excluding hydrogens is 365 g/mol. The molecule has 0 unspecified atom stereocenters. The van der Waals surface area contributed by atoms with Crippen LogP contribution in [0.1, 0.15) is 12.6 Å². The number of imidazole rings is 1. The van der Waals surface area contributed by atoms with E-state index in [1.807, 2.05) is 42.0 Å². The minimum Gasteiger partial charge on any atom is -0.372 e. The van der Waals surface area contributed by atoms with Crippen LogP contribution in [0.3, 0.4) is 0 Å². The number of nitrogens with zero attached hydrogens (tertiary/aromatic N) is 4. The van der Waals surface area contributed by atoms with E-state index in [1.165, 1.54) is 0 Å². The summed E-state index contributed by atoms with van der Waals surface area (Å²) in [6.45, 7) is 2.09. The fraction of sp³-hybridized carbons (Fsp3) is 0.214. The summed E-state index contributed by atoms with van der Waals surface area (Å²) < 4.78 is 3.04. The lowest BCUT2D eigenvalue weighted by Gasteiger charge is -2.08. The minimum absolute atomic E-state index is 0.662. The zero-order chi connectivity index (χ0) is 14.1. The Morgan fingerprint density at radius 3 is 2.80 bits per heavy atom. The van der Waals surface area contributed by atoms with Gasteiger partial charge in [0.15, 0.2) is 5.82 Å². The summed E-state index contributed by atoms with van der Waals surface area (Å²) in [5.41, 5.74) is 2.73. The molecule has 20 heavy (non-hydrogen) atoms. The maximum Gasteiger partial charge on any atom is 0.182 e. The molecule has 0 bridgehead atoms. The summed E-state index contributed by atoms with van der Waals surface area (Å²) in [6, 6.07) is 5.91. The van der Waals surface area contributed by atoms with Crippen LogP contribution in [-0.2, 0) is 6.42 Å². The second-order valence-corrected chi connectivity index (χ2v) is 5.43. The first-order valence-electron chi connectivity index (χ1n) is 6.41. The molecule has 102 valence electrons. The molecule has 0 fully saturated rings. The van der Waals surface area contributed by atoms with Gasteiger partial charge in [0.1, 0.15) is 17.2 Å². The topological polar surface area (TPSA) is 55.1 Å². The molecule has 0 amide bonds. The quantitative estimate of drug-likeness (QED) is 0.711. The molecule has 0 aliphatic carbocycles. The lowest BCUT2D eigenvalue weighted by atomic mass is 10.3. The van der Waals surface area contributed by atoms with Crippen molar-refractivity contribution in [2.75, 3.05) is 12.4 Å². The van der Waals surface area contributed by atoms with Gasteiger partial charge < -0.3 is 9.72 Å². The normalized spacial score (nSPS) is 10.9. The molecule has 0 aliphatic rings. The summed E-state index contributed by atoms with van der Waals surface area (Å²) in [7, 11) is 1.87. The Bertz CT molecular complexity index is 707.